The molecule has 1 N–H and O–H groups in total. The van der Waals surface area contributed by atoms with Crippen LogP contribution in [0.1, 0.15) is 26.2 Å². The molecule has 0 bridgehead atoms. The molecule has 2 heteroatoms. The first-order chi connectivity index (χ1) is 4.83. The quantitative estimate of drug-likeness (QED) is 0.573. The minimum atomic E-state index is 0.186. The summed E-state index contributed by atoms with van der Waals surface area (Å²) in [6.45, 7) is 2.09. The smallest absolute Gasteiger partial charge is 0.220 e. The topological polar surface area (TPSA) is 29.1 Å². The van der Waals surface area contributed by atoms with Gasteiger partial charge in [-0.3, -0.25) is 4.79 Å². The summed E-state index contributed by atoms with van der Waals surface area (Å²) >= 11 is 0. The number of rotatable bonds is 2. The van der Waals surface area contributed by atoms with E-state index in [1.165, 1.54) is 0 Å². The highest BCUT2D eigenvalue weighted by molar-refractivity contribution is 5.78. The molecule has 0 aromatic carbocycles. The fraction of sp³-hybridized carbons (Fsp3) is 0.625. The van der Waals surface area contributed by atoms with Crippen molar-refractivity contribution in [3.8, 4) is 0 Å². The van der Waals surface area contributed by atoms with E-state index in [1.54, 1.807) is 0 Å². The first-order valence-corrected chi connectivity index (χ1v) is 3.79. The summed E-state index contributed by atoms with van der Waals surface area (Å²) in [7, 11) is 0. The molecule has 0 aromatic rings. The summed E-state index contributed by atoms with van der Waals surface area (Å²) in [6.07, 6.45) is 6.88. The van der Waals surface area contributed by atoms with E-state index in [0.29, 0.717) is 12.5 Å². The molecule has 1 aliphatic rings. The zero-order chi connectivity index (χ0) is 7.40. The highest BCUT2D eigenvalue weighted by Gasteiger charge is 2.16. The van der Waals surface area contributed by atoms with Gasteiger partial charge in [-0.25, -0.2) is 0 Å². The SMILES string of the molecule is CC/C=C/C1CCC(=O)N1. The Morgan fingerprint density at radius 3 is 3.10 bits per heavy atom. The molecule has 0 aromatic heterocycles. The standard InChI is InChI=1S/C8H13NO/c1-2-3-4-7-5-6-8(10)9-7/h3-4,7H,2,5-6H2,1H3,(H,9,10)/b4-3+. The first kappa shape index (κ1) is 7.32. The molecule has 1 atom stereocenters. The van der Waals surface area contributed by atoms with Crippen LogP contribution >= 0.6 is 0 Å². The molecule has 1 unspecified atom stereocenters. The maximum absolute atomic E-state index is 10.7. The summed E-state index contributed by atoms with van der Waals surface area (Å²) in [5.74, 6) is 0.186. The highest BCUT2D eigenvalue weighted by atomic mass is 16.1. The molecule has 1 fully saturated rings. The molecule has 0 aliphatic carbocycles. The van der Waals surface area contributed by atoms with Gasteiger partial charge in [-0.1, -0.05) is 19.1 Å². The van der Waals surface area contributed by atoms with Crippen molar-refractivity contribution in [2.24, 2.45) is 0 Å². The Labute approximate surface area is 61.3 Å². The maximum Gasteiger partial charge on any atom is 0.220 e. The number of hydrogen-bond donors (Lipinski definition) is 1. The predicted octanol–water partition coefficient (Wildman–Crippen LogP) is 1.23. The van der Waals surface area contributed by atoms with Crippen LogP contribution in [0.2, 0.25) is 0 Å². The van der Waals surface area contributed by atoms with E-state index in [1.807, 2.05) is 0 Å². The van der Waals surface area contributed by atoms with Crippen molar-refractivity contribution in [3.05, 3.63) is 12.2 Å². The van der Waals surface area contributed by atoms with E-state index in [4.69, 9.17) is 0 Å². The van der Waals surface area contributed by atoms with Gasteiger partial charge in [0, 0.05) is 12.5 Å². The van der Waals surface area contributed by atoms with Crippen LogP contribution in [0, 0.1) is 0 Å². The third-order valence-corrected chi connectivity index (χ3v) is 1.63. The van der Waals surface area contributed by atoms with E-state index in [0.717, 1.165) is 12.8 Å². The lowest BCUT2D eigenvalue weighted by atomic mass is 10.2. The van der Waals surface area contributed by atoms with E-state index in [2.05, 4.69) is 24.4 Å². The molecule has 0 radical (unpaired) electrons. The van der Waals surface area contributed by atoms with Gasteiger partial charge in [0.25, 0.3) is 0 Å². The first-order valence-electron chi connectivity index (χ1n) is 3.79. The number of hydrogen-bond acceptors (Lipinski definition) is 1. The molecule has 56 valence electrons. The third kappa shape index (κ3) is 1.87. The Morgan fingerprint density at radius 1 is 1.80 bits per heavy atom. The molecule has 10 heavy (non-hydrogen) atoms. The third-order valence-electron chi connectivity index (χ3n) is 1.63. The van der Waals surface area contributed by atoms with Gasteiger partial charge in [-0.2, -0.15) is 0 Å². The molecule has 1 aliphatic heterocycles. The van der Waals surface area contributed by atoms with Gasteiger partial charge in [0.05, 0.1) is 0 Å². The van der Waals surface area contributed by atoms with Crippen molar-refractivity contribution in [3.63, 3.8) is 0 Å². The Morgan fingerprint density at radius 2 is 2.60 bits per heavy atom. The van der Waals surface area contributed by atoms with Crippen LogP contribution in [0.3, 0.4) is 0 Å². The van der Waals surface area contributed by atoms with Crippen molar-refractivity contribution in [1.82, 2.24) is 5.32 Å². The summed E-state index contributed by atoms with van der Waals surface area (Å²) in [5.41, 5.74) is 0. The molecule has 0 spiro atoms. The van der Waals surface area contributed by atoms with Gasteiger partial charge >= 0.3 is 0 Å². The monoisotopic (exact) mass is 139 g/mol. The average molecular weight is 139 g/mol. The molecular formula is C8H13NO. The second kappa shape index (κ2) is 3.40. The van der Waals surface area contributed by atoms with Gasteiger partial charge in [0.15, 0.2) is 0 Å². The molecular weight excluding hydrogens is 126 g/mol. The Balaban J connectivity index is 2.31. The Bertz CT molecular complexity index is 151. The molecule has 1 amide bonds. The van der Waals surface area contributed by atoms with E-state index in [-0.39, 0.29) is 5.91 Å². The second-order valence-corrected chi connectivity index (χ2v) is 2.55. The summed E-state index contributed by atoms with van der Waals surface area (Å²) in [6, 6.07) is 0.312. The highest BCUT2D eigenvalue weighted by Crippen LogP contribution is 2.07. The minimum absolute atomic E-state index is 0.186. The van der Waals surface area contributed by atoms with Crippen LogP contribution in [0.4, 0.5) is 0 Å². The van der Waals surface area contributed by atoms with Crippen molar-refractivity contribution in [2.75, 3.05) is 0 Å². The van der Waals surface area contributed by atoms with E-state index in [9.17, 15) is 4.79 Å². The lowest BCUT2D eigenvalue weighted by Crippen LogP contribution is -2.22. The van der Waals surface area contributed by atoms with Crippen molar-refractivity contribution in [2.45, 2.75) is 32.2 Å². The van der Waals surface area contributed by atoms with E-state index < -0.39 is 0 Å². The second-order valence-electron chi connectivity index (χ2n) is 2.55. The average Bonchev–Trinajstić information content (AvgIpc) is 2.31. The van der Waals surface area contributed by atoms with Gasteiger partial charge in [-0.15, -0.1) is 0 Å². The van der Waals surface area contributed by atoms with E-state index >= 15 is 0 Å². The molecule has 0 saturated carbocycles. The van der Waals surface area contributed by atoms with Crippen molar-refractivity contribution in [1.29, 1.82) is 0 Å². The molecule has 1 saturated heterocycles. The number of nitrogens with one attached hydrogen (secondary N) is 1. The summed E-state index contributed by atoms with van der Waals surface area (Å²) < 4.78 is 0. The number of carbonyl (C=O) groups excluding carboxylic acids is 1. The normalized spacial score (nSPS) is 25.7. The molecule has 2 nitrogen and oxygen atoms in total. The van der Waals surface area contributed by atoms with Crippen LogP contribution in [-0.2, 0) is 4.79 Å². The largest absolute Gasteiger partial charge is 0.350 e. The van der Waals surface area contributed by atoms with Gasteiger partial charge < -0.3 is 5.32 Å². The summed E-state index contributed by atoms with van der Waals surface area (Å²) in [5, 5.41) is 2.86. The van der Waals surface area contributed by atoms with Gasteiger partial charge in [0.1, 0.15) is 0 Å². The summed E-state index contributed by atoms with van der Waals surface area (Å²) in [4.78, 5) is 10.7. The van der Waals surface area contributed by atoms with Gasteiger partial charge in [-0.05, 0) is 12.8 Å². The Kier molecular flexibility index (Phi) is 2.49. The maximum atomic E-state index is 10.7. The van der Waals surface area contributed by atoms with Gasteiger partial charge in [0.2, 0.25) is 5.91 Å². The van der Waals surface area contributed by atoms with Crippen LogP contribution in [0.15, 0.2) is 12.2 Å². The fourth-order valence-corrected chi connectivity index (χ4v) is 1.08. The van der Waals surface area contributed by atoms with Crippen LogP contribution in [0.5, 0.6) is 0 Å². The lowest BCUT2D eigenvalue weighted by Gasteiger charge is -2.00. The number of allylic oxidation sites excluding steroid dienone is 1. The number of carbonyl (C=O) groups is 1. The fourth-order valence-electron chi connectivity index (χ4n) is 1.08. The van der Waals surface area contributed by atoms with Crippen molar-refractivity contribution >= 4 is 5.91 Å². The Hall–Kier alpha value is -0.790. The van der Waals surface area contributed by atoms with Crippen LogP contribution in [-0.4, -0.2) is 11.9 Å². The zero-order valence-electron chi connectivity index (χ0n) is 6.26. The predicted molar refractivity (Wildman–Crippen MR) is 40.6 cm³/mol. The van der Waals surface area contributed by atoms with Crippen molar-refractivity contribution < 1.29 is 4.79 Å². The van der Waals surface area contributed by atoms with Crippen LogP contribution < -0.4 is 5.32 Å². The van der Waals surface area contributed by atoms with Crippen LogP contribution in [0.25, 0.3) is 0 Å². The zero-order valence-corrected chi connectivity index (χ0v) is 6.26. The molecule has 1 rings (SSSR count). The number of amides is 1. The molecule has 1 heterocycles. The lowest BCUT2D eigenvalue weighted by molar-refractivity contribution is -0.119. The minimum Gasteiger partial charge on any atom is -0.350 e.